The van der Waals surface area contributed by atoms with Crippen LogP contribution in [-0.2, 0) is 13.2 Å². The molecule has 0 aliphatic heterocycles. The molecule has 0 bridgehead atoms. The van der Waals surface area contributed by atoms with Crippen LogP contribution < -0.4 is 4.74 Å². The fourth-order valence-electron chi connectivity index (χ4n) is 1.99. The Hall–Kier alpha value is -1.99. The highest BCUT2D eigenvalue weighted by Gasteiger charge is 2.08. The van der Waals surface area contributed by atoms with Gasteiger partial charge in [0, 0.05) is 12.6 Å². The van der Waals surface area contributed by atoms with Crippen molar-refractivity contribution in [3.05, 3.63) is 47.0 Å². The summed E-state index contributed by atoms with van der Waals surface area (Å²) >= 11 is 5.55. The summed E-state index contributed by atoms with van der Waals surface area (Å²) in [6.07, 6.45) is 0. The van der Waals surface area contributed by atoms with Crippen LogP contribution in [0.5, 0.6) is 5.75 Å². The SMILES string of the molecule is CCn1nc(C)cc1COc1cc(F)ccc1C#CCCl. The lowest BCUT2D eigenvalue weighted by molar-refractivity contribution is 0.290. The van der Waals surface area contributed by atoms with Crippen LogP contribution in [0.25, 0.3) is 0 Å². The van der Waals surface area contributed by atoms with Crippen molar-refractivity contribution in [2.45, 2.75) is 27.0 Å². The van der Waals surface area contributed by atoms with Crippen molar-refractivity contribution < 1.29 is 9.13 Å². The maximum absolute atomic E-state index is 13.4. The molecule has 1 aromatic heterocycles. The van der Waals surface area contributed by atoms with Crippen LogP contribution in [0, 0.1) is 24.6 Å². The van der Waals surface area contributed by atoms with Crippen molar-refractivity contribution >= 4 is 11.6 Å². The van der Waals surface area contributed by atoms with Crippen molar-refractivity contribution in [3.8, 4) is 17.6 Å². The third-order valence-corrected chi connectivity index (χ3v) is 3.03. The highest BCUT2D eigenvalue weighted by molar-refractivity contribution is 6.19. The zero-order chi connectivity index (χ0) is 15.2. The van der Waals surface area contributed by atoms with E-state index in [9.17, 15) is 4.39 Å². The summed E-state index contributed by atoms with van der Waals surface area (Å²) in [7, 11) is 0. The number of alkyl halides is 1. The van der Waals surface area contributed by atoms with Gasteiger partial charge in [-0.1, -0.05) is 11.8 Å². The van der Waals surface area contributed by atoms with Gasteiger partial charge in [0.2, 0.25) is 0 Å². The Morgan fingerprint density at radius 3 is 2.90 bits per heavy atom. The van der Waals surface area contributed by atoms with E-state index in [1.807, 2.05) is 24.6 Å². The molecule has 0 radical (unpaired) electrons. The van der Waals surface area contributed by atoms with Crippen LogP contribution in [0.15, 0.2) is 24.3 Å². The molecular weight excluding hydrogens is 291 g/mol. The van der Waals surface area contributed by atoms with Crippen LogP contribution in [-0.4, -0.2) is 15.7 Å². The fraction of sp³-hybridized carbons (Fsp3) is 0.312. The molecule has 110 valence electrons. The molecule has 0 aliphatic carbocycles. The number of rotatable bonds is 4. The van der Waals surface area contributed by atoms with Gasteiger partial charge in [-0.25, -0.2) is 4.39 Å². The zero-order valence-corrected chi connectivity index (χ0v) is 12.7. The van der Waals surface area contributed by atoms with Gasteiger partial charge >= 0.3 is 0 Å². The molecule has 1 heterocycles. The van der Waals surface area contributed by atoms with Crippen LogP contribution in [0.1, 0.15) is 23.9 Å². The lowest BCUT2D eigenvalue weighted by Crippen LogP contribution is -2.06. The Bertz CT molecular complexity index is 685. The molecule has 0 fully saturated rings. The van der Waals surface area contributed by atoms with E-state index in [1.54, 1.807) is 6.07 Å². The number of benzene rings is 1. The minimum absolute atomic E-state index is 0.221. The van der Waals surface area contributed by atoms with E-state index in [4.69, 9.17) is 16.3 Å². The molecule has 0 unspecified atom stereocenters. The lowest BCUT2D eigenvalue weighted by atomic mass is 10.2. The van der Waals surface area contributed by atoms with Gasteiger partial charge in [-0.2, -0.15) is 5.10 Å². The largest absolute Gasteiger partial charge is 0.486 e. The minimum atomic E-state index is -0.360. The summed E-state index contributed by atoms with van der Waals surface area (Å²) in [5, 5.41) is 4.35. The maximum Gasteiger partial charge on any atom is 0.138 e. The molecule has 5 heteroatoms. The van der Waals surface area contributed by atoms with E-state index in [-0.39, 0.29) is 11.7 Å². The maximum atomic E-state index is 13.4. The van der Waals surface area contributed by atoms with E-state index < -0.39 is 0 Å². The van der Waals surface area contributed by atoms with Gasteiger partial charge in [0.1, 0.15) is 18.2 Å². The van der Waals surface area contributed by atoms with Crippen molar-refractivity contribution in [3.63, 3.8) is 0 Å². The first kappa shape index (κ1) is 15.4. The molecular formula is C16H16ClFN2O. The van der Waals surface area contributed by atoms with Gasteiger partial charge in [-0.3, -0.25) is 4.68 Å². The first-order valence-electron chi connectivity index (χ1n) is 6.64. The number of hydrogen-bond acceptors (Lipinski definition) is 2. The molecule has 0 aliphatic rings. The molecule has 0 N–H and O–H groups in total. The second kappa shape index (κ2) is 7.14. The Kier molecular flexibility index (Phi) is 5.24. The third-order valence-electron chi connectivity index (χ3n) is 2.89. The molecule has 0 saturated heterocycles. The Balaban J connectivity index is 2.20. The van der Waals surface area contributed by atoms with E-state index in [2.05, 4.69) is 16.9 Å². The lowest BCUT2D eigenvalue weighted by Gasteiger charge is -2.09. The first-order valence-corrected chi connectivity index (χ1v) is 7.18. The molecule has 3 nitrogen and oxygen atoms in total. The second-order valence-electron chi connectivity index (χ2n) is 4.46. The van der Waals surface area contributed by atoms with Crippen molar-refractivity contribution in [1.82, 2.24) is 9.78 Å². The number of ether oxygens (including phenoxy) is 1. The predicted octanol–water partition coefficient (Wildman–Crippen LogP) is 3.52. The number of nitrogens with zero attached hydrogens (tertiary/aromatic N) is 2. The molecule has 0 amide bonds. The zero-order valence-electron chi connectivity index (χ0n) is 12.0. The average Bonchev–Trinajstić information content (AvgIpc) is 2.84. The molecule has 0 atom stereocenters. The monoisotopic (exact) mass is 306 g/mol. The summed E-state index contributed by atoms with van der Waals surface area (Å²) in [6.45, 7) is 5.01. The summed E-state index contributed by atoms with van der Waals surface area (Å²) in [5.74, 6) is 5.88. The van der Waals surface area contributed by atoms with Crippen LogP contribution in [0.4, 0.5) is 4.39 Å². The molecule has 2 rings (SSSR count). The number of aromatic nitrogens is 2. The van der Waals surface area contributed by atoms with Crippen LogP contribution >= 0.6 is 11.6 Å². The minimum Gasteiger partial charge on any atom is -0.486 e. The molecule has 2 aromatic rings. The van der Waals surface area contributed by atoms with Gasteiger partial charge < -0.3 is 4.74 Å². The third kappa shape index (κ3) is 3.99. The second-order valence-corrected chi connectivity index (χ2v) is 4.72. The van der Waals surface area contributed by atoms with Gasteiger partial charge in [-0.05, 0) is 32.0 Å². The van der Waals surface area contributed by atoms with Gasteiger partial charge in [0.25, 0.3) is 0 Å². The quantitative estimate of drug-likeness (QED) is 0.638. The summed E-state index contributed by atoms with van der Waals surface area (Å²) in [6, 6.07) is 6.22. The Morgan fingerprint density at radius 2 is 2.19 bits per heavy atom. The normalized spacial score (nSPS) is 10.1. The molecule has 1 aromatic carbocycles. The topological polar surface area (TPSA) is 27.1 Å². The van der Waals surface area contributed by atoms with Crippen molar-refractivity contribution in [2.75, 3.05) is 5.88 Å². The van der Waals surface area contributed by atoms with Crippen LogP contribution in [0.2, 0.25) is 0 Å². The fourth-order valence-corrected chi connectivity index (χ4v) is 2.06. The standard InChI is InChI=1S/C16H16ClFN2O/c1-3-20-15(9-12(2)19-20)11-21-16-10-14(18)7-6-13(16)5-4-8-17/h6-7,9-10H,3,8,11H2,1-2H3. The van der Waals surface area contributed by atoms with Gasteiger partial charge in [0.05, 0.1) is 22.8 Å². The number of hydrogen-bond donors (Lipinski definition) is 0. The van der Waals surface area contributed by atoms with E-state index in [0.29, 0.717) is 17.9 Å². The van der Waals surface area contributed by atoms with E-state index in [0.717, 1.165) is 17.9 Å². The van der Waals surface area contributed by atoms with Gasteiger partial charge in [-0.15, -0.1) is 11.6 Å². The van der Waals surface area contributed by atoms with Crippen molar-refractivity contribution in [2.24, 2.45) is 0 Å². The van der Waals surface area contributed by atoms with Gasteiger partial charge in [0.15, 0.2) is 0 Å². The van der Waals surface area contributed by atoms with E-state index in [1.165, 1.54) is 12.1 Å². The smallest absolute Gasteiger partial charge is 0.138 e. The van der Waals surface area contributed by atoms with Crippen molar-refractivity contribution in [1.29, 1.82) is 0 Å². The Labute approximate surface area is 128 Å². The van der Waals surface area contributed by atoms with E-state index >= 15 is 0 Å². The molecule has 0 spiro atoms. The summed E-state index contributed by atoms with van der Waals surface area (Å²) in [5.41, 5.74) is 2.49. The average molecular weight is 307 g/mol. The Morgan fingerprint density at radius 1 is 1.38 bits per heavy atom. The van der Waals surface area contributed by atoms with Crippen LogP contribution in [0.3, 0.4) is 0 Å². The summed E-state index contributed by atoms with van der Waals surface area (Å²) in [4.78, 5) is 0. The highest BCUT2D eigenvalue weighted by atomic mass is 35.5. The molecule has 0 saturated carbocycles. The highest BCUT2D eigenvalue weighted by Crippen LogP contribution is 2.20. The summed E-state index contributed by atoms with van der Waals surface area (Å²) < 4.78 is 20.9. The first-order chi connectivity index (χ1) is 10.1. The number of aryl methyl sites for hydroxylation is 2. The number of halogens is 2. The predicted molar refractivity (Wildman–Crippen MR) is 81.0 cm³/mol. The molecule has 21 heavy (non-hydrogen) atoms.